The number of benzene rings is 2. The number of halogens is 2. The number of nitrogens with one attached hydrogen (secondary N) is 3. The van der Waals surface area contributed by atoms with Crippen molar-refractivity contribution in [1.82, 2.24) is 15.5 Å². The molecule has 1 aromatic heterocycles. The maximum atomic E-state index is 13.7. The number of carbonyl (C=O) groups is 2. The van der Waals surface area contributed by atoms with Gasteiger partial charge in [-0.15, -0.1) is 0 Å². The first-order valence-corrected chi connectivity index (χ1v) is 11.5. The van der Waals surface area contributed by atoms with Crippen LogP contribution >= 0.6 is 0 Å². The lowest BCUT2D eigenvalue weighted by Crippen LogP contribution is -2.42. The van der Waals surface area contributed by atoms with Gasteiger partial charge in [-0.3, -0.25) is 14.7 Å². The predicted molar refractivity (Wildman–Crippen MR) is 132 cm³/mol. The molecule has 6 nitrogen and oxygen atoms in total. The van der Waals surface area contributed by atoms with Crippen LogP contribution in [0.1, 0.15) is 63.9 Å². The molecule has 186 valence electrons. The zero-order valence-corrected chi connectivity index (χ0v) is 20.9. The highest BCUT2D eigenvalue weighted by Crippen LogP contribution is 2.32. The second-order valence-electron chi connectivity index (χ2n) is 10.4. The van der Waals surface area contributed by atoms with Crippen LogP contribution < -0.4 is 10.6 Å². The van der Waals surface area contributed by atoms with E-state index in [0.717, 1.165) is 11.6 Å². The summed E-state index contributed by atoms with van der Waals surface area (Å²) in [6, 6.07) is 12.0. The van der Waals surface area contributed by atoms with Crippen LogP contribution in [0.15, 0.2) is 48.5 Å². The van der Waals surface area contributed by atoms with E-state index in [1.807, 2.05) is 24.3 Å². The number of amides is 2. The smallest absolute Gasteiger partial charge is 0.247 e. The van der Waals surface area contributed by atoms with E-state index in [2.05, 4.69) is 41.6 Å². The highest BCUT2D eigenvalue weighted by molar-refractivity contribution is 5.96. The van der Waals surface area contributed by atoms with Crippen molar-refractivity contribution in [2.24, 2.45) is 0 Å². The topological polar surface area (TPSA) is 86.9 Å². The normalized spacial score (nSPS) is 12.8. The van der Waals surface area contributed by atoms with Crippen molar-refractivity contribution in [2.45, 2.75) is 64.8 Å². The molecule has 0 spiro atoms. The first-order valence-electron chi connectivity index (χ1n) is 11.5. The summed E-state index contributed by atoms with van der Waals surface area (Å²) in [5, 5.41) is 12.3. The van der Waals surface area contributed by atoms with Crippen LogP contribution in [-0.4, -0.2) is 28.1 Å². The minimum absolute atomic E-state index is 0.0300. The fourth-order valence-electron chi connectivity index (χ4n) is 3.68. The Kier molecular flexibility index (Phi) is 7.43. The molecule has 35 heavy (non-hydrogen) atoms. The van der Waals surface area contributed by atoms with Crippen molar-refractivity contribution >= 4 is 17.6 Å². The number of anilines is 1. The SMILES string of the molecule is C[C@H](NC(=O)Cc1ccc(C(C)(C)C)cc1)C(=O)Nc1cc(C(C)(C)c2cc(F)cc(F)c2)[nH]n1. The molecule has 3 rings (SSSR count). The maximum absolute atomic E-state index is 13.7. The largest absolute Gasteiger partial charge is 0.344 e. The predicted octanol–water partition coefficient (Wildman–Crippen LogP) is 5.00. The Hall–Kier alpha value is -3.55. The monoisotopic (exact) mass is 482 g/mol. The minimum Gasteiger partial charge on any atom is -0.344 e. The molecule has 2 amide bonds. The van der Waals surface area contributed by atoms with E-state index in [1.54, 1.807) is 26.8 Å². The van der Waals surface area contributed by atoms with E-state index in [0.29, 0.717) is 11.3 Å². The zero-order chi connectivity index (χ0) is 26.0. The molecule has 0 aliphatic carbocycles. The van der Waals surface area contributed by atoms with Gasteiger partial charge in [0.05, 0.1) is 6.42 Å². The van der Waals surface area contributed by atoms with Crippen LogP contribution in [0.2, 0.25) is 0 Å². The van der Waals surface area contributed by atoms with Gasteiger partial charge in [-0.1, -0.05) is 58.9 Å². The van der Waals surface area contributed by atoms with Gasteiger partial charge in [-0.25, -0.2) is 8.78 Å². The quantitative estimate of drug-likeness (QED) is 0.443. The van der Waals surface area contributed by atoms with Gasteiger partial charge in [-0.2, -0.15) is 5.10 Å². The van der Waals surface area contributed by atoms with Crippen LogP contribution in [0.4, 0.5) is 14.6 Å². The highest BCUT2D eigenvalue weighted by atomic mass is 19.1. The van der Waals surface area contributed by atoms with E-state index < -0.39 is 29.0 Å². The van der Waals surface area contributed by atoms with Gasteiger partial charge < -0.3 is 10.6 Å². The van der Waals surface area contributed by atoms with Gasteiger partial charge in [0.2, 0.25) is 11.8 Å². The summed E-state index contributed by atoms with van der Waals surface area (Å²) in [5.41, 5.74) is 2.26. The van der Waals surface area contributed by atoms with E-state index in [1.165, 1.54) is 17.7 Å². The summed E-state index contributed by atoms with van der Waals surface area (Å²) in [4.78, 5) is 25.0. The average Bonchev–Trinajstić information content (AvgIpc) is 3.22. The van der Waals surface area contributed by atoms with Crippen LogP contribution in [-0.2, 0) is 26.8 Å². The van der Waals surface area contributed by atoms with Gasteiger partial charge in [0.25, 0.3) is 0 Å². The summed E-state index contributed by atoms with van der Waals surface area (Å²) < 4.78 is 27.4. The molecule has 0 unspecified atom stereocenters. The van der Waals surface area contributed by atoms with Crippen molar-refractivity contribution in [2.75, 3.05) is 5.32 Å². The number of hydrogen-bond donors (Lipinski definition) is 3. The lowest BCUT2D eigenvalue weighted by atomic mass is 9.81. The van der Waals surface area contributed by atoms with E-state index in [9.17, 15) is 18.4 Å². The summed E-state index contributed by atoms with van der Waals surface area (Å²) in [6.07, 6.45) is 0.160. The van der Waals surface area contributed by atoms with Gasteiger partial charge >= 0.3 is 0 Å². The highest BCUT2D eigenvalue weighted by Gasteiger charge is 2.27. The van der Waals surface area contributed by atoms with Crippen molar-refractivity contribution in [3.63, 3.8) is 0 Å². The molecule has 0 fully saturated rings. The number of H-pyrrole nitrogens is 1. The third kappa shape index (κ3) is 6.53. The molecule has 8 heteroatoms. The molecule has 2 aromatic carbocycles. The van der Waals surface area contributed by atoms with Gasteiger partial charge in [-0.05, 0) is 41.2 Å². The Morgan fingerprint density at radius 2 is 1.54 bits per heavy atom. The lowest BCUT2D eigenvalue weighted by Gasteiger charge is -2.23. The van der Waals surface area contributed by atoms with Crippen LogP contribution in [0.3, 0.4) is 0 Å². The molecule has 0 saturated carbocycles. The average molecular weight is 483 g/mol. The second-order valence-corrected chi connectivity index (χ2v) is 10.4. The molecule has 0 saturated heterocycles. The standard InChI is InChI=1S/C27H32F2N4O2/c1-16(30-24(34)11-17-7-9-18(10-8-17)26(2,3)4)25(35)31-23-15-22(32-33-23)27(5,6)19-12-20(28)14-21(29)13-19/h7-10,12-16H,11H2,1-6H3,(H,30,34)(H2,31,32,33,35)/t16-/m0/s1. The van der Waals surface area contributed by atoms with Gasteiger partial charge in [0.1, 0.15) is 17.7 Å². The van der Waals surface area contributed by atoms with Gasteiger partial charge in [0, 0.05) is 23.2 Å². The Morgan fingerprint density at radius 1 is 0.943 bits per heavy atom. The lowest BCUT2D eigenvalue weighted by molar-refractivity contribution is -0.125. The van der Waals surface area contributed by atoms with E-state index >= 15 is 0 Å². The Bertz CT molecular complexity index is 1190. The molecule has 3 aromatic rings. The summed E-state index contributed by atoms with van der Waals surface area (Å²) in [6.45, 7) is 11.5. The fourth-order valence-corrected chi connectivity index (χ4v) is 3.68. The molecule has 0 aliphatic rings. The van der Waals surface area contributed by atoms with Crippen molar-refractivity contribution in [1.29, 1.82) is 0 Å². The van der Waals surface area contributed by atoms with E-state index in [-0.39, 0.29) is 23.6 Å². The Morgan fingerprint density at radius 3 is 2.11 bits per heavy atom. The molecule has 1 heterocycles. The summed E-state index contributed by atoms with van der Waals surface area (Å²) in [7, 11) is 0. The molecular formula is C27H32F2N4O2. The third-order valence-electron chi connectivity index (χ3n) is 6.04. The third-order valence-corrected chi connectivity index (χ3v) is 6.04. The Balaban J connectivity index is 1.59. The van der Waals surface area contributed by atoms with Crippen molar-refractivity contribution in [3.05, 3.63) is 82.5 Å². The first kappa shape index (κ1) is 26.1. The molecule has 3 N–H and O–H groups in total. The van der Waals surface area contributed by atoms with Crippen molar-refractivity contribution < 1.29 is 18.4 Å². The van der Waals surface area contributed by atoms with Crippen LogP contribution in [0, 0.1) is 11.6 Å². The van der Waals surface area contributed by atoms with Crippen LogP contribution in [0.5, 0.6) is 0 Å². The molecular weight excluding hydrogens is 450 g/mol. The number of aromatic amines is 1. The number of nitrogens with zero attached hydrogens (tertiary/aromatic N) is 1. The summed E-state index contributed by atoms with van der Waals surface area (Å²) >= 11 is 0. The molecule has 0 radical (unpaired) electrons. The van der Waals surface area contributed by atoms with Crippen LogP contribution in [0.25, 0.3) is 0 Å². The molecule has 0 bridgehead atoms. The number of hydrogen-bond acceptors (Lipinski definition) is 3. The first-order chi connectivity index (χ1) is 16.3. The second kappa shape index (κ2) is 9.98. The summed E-state index contributed by atoms with van der Waals surface area (Å²) in [5.74, 6) is -1.80. The number of carbonyl (C=O) groups excluding carboxylic acids is 2. The number of rotatable bonds is 7. The molecule has 1 atom stereocenters. The maximum Gasteiger partial charge on any atom is 0.247 e. The minimum atomic E-state index is -0.790. The fraction of sp³-hybridized carbons (Fsp3) is 0.370. The Labute approximate surface area is 204 Å². The molecule has 0 aliphatic heterocycles. The van der Waals surface area contributed by atoms with Gasteiger partial charge in [0.15, 0.2) is 5.82 Å². The van der Waals surface area contributed by atoms with Crippen molar-refractivity contribution in [3.8, 4) is 0 Å². The number of aromatic nitrogens is 2. The van der Waals surface area contributed by atoms with E-state index in [4.69, 9.17) is 0 Å². The zero-order valence-electron chi connectivity index (χ0n) is 20.9.